The van der Waals surface area contributed by atoms with Crippen molar-refractivity contribution >= 4 is 66.4 Å². The Morgan fingerprint density at radius 2 is 0.944 bits per heavy atom. The number of nitrogens with zero attached hydrogens (tertiary/aromatic N) is 6. The van der Waals surface area contributed by atoms with Crippen molar-refractivity contribution in [2.24, 2.45) is 0 Å². The van der Waals surface area contributed by atoms with Gasteiger partial charge in [0.25, 0.3) is 0 Å². The molecule has 1 saturated heterocycles. The van der Waals surface area contributed by atoms with Crippen LogP contribution in [0.4, 0.5) is 5.82 Å². The summed E-state index contributed by atoms with van der Waals surface area (Å²) in [4.78, 5) is 28.2. The number of allylic oxidation sites excluding steroid dienone is 2. The van der Waals surface area contributed by atoms with E-state index >= 15 is 0 Å². The quantitative estimate of drug-likeness (QED) is 0.0979. The molecular weight excluding hydrogens is 661 g/mol. The van der Waals surface area contributed by atoms with Gasteiger partial charge in [0.1, 0.15) is 5.82 Å². The van der Waals surface area contributed by atoms with Gasteiger partial charge >= 0.3 is 0 Å². The van der Waals surface area contributed by atoms with Gasteiger partial charge in [0.05, 0.1) is 44.7 Å². The maximum atomic E-state index is 5.33. The van der Waals surface area contributed by atoms with E-state index in [0.29, 0.717) is 0 Å². The zero-order valence-corrected chi connectivity index (χ0v) is 30.4. The van der Waals surface area contributed by atoms with E-state index in [0.717, 1.165) is 130 Å². The number of fused-ring (bicyclic) bond motifs is 7. The monoisotopic (exact) mass is 696 g/mol. The van der Waals surface area contributed by atoms with Gasteiger partial charge in [0.2, 0.25) is 0 Å². The summed E-state index contributed by atoms with van der Waals surface area (Å²) < 4.78 is 0. The van der Waals surface area contributed by atoms with E-state index in [4.69, 9.17) is 24.9 Å². The highest BCUT2D eigenvalue weighted by Gasteiger charge is 2.20. The molecule has 0 atom stereocenters. The Morgan fingerprint density at radius 1 is 0.519 bits per heavy atom. The smallest absolute Gasteiger partial charge is 0.129 e. The molecule has 0 unspecified atom stereocenters. The minimum Gasteiger partial charge on any atom is -0.353 e. The van der Waals surface area contributed by atoms with Crippen molar-refractivity contribution in [1.82, 2.24) is 24.9 Å². The lowest BCUT2D eigenvalue weighted by atomic mass is 9.97. The summed E-state index contributed by atoms with van der Waals surface area (Å²) >= 11 is 0. The maximum Gasteiger partial charge on any atom is 0.129 e. The third-order valence-electron chi connectivity index (χ3n) is 10.5. The van der Waals surface area contributed by atoms with Crippen LogP contribution in [0, 0.1) is 13.8 Å². The van der Waals surface area contributed by atoms with Crippen LogP contribution in [0.25, 0.3) is 94.4 Å². The molecule has 1 fully saturated rings. The van der Waals surface area contributed by atoms with Gasteiger partial charge in [0, 0.05) is 62.4 Å². The van der Waals surface area contributed by atoms with Gasteiger partial charge in [-0.25, -0.2) is 19.9 Å². The number of benzene rings is 4. The van der Waals surface area contributed by atoms with Crippen LogP contribution in [-0.4, -0.2) is 38.0 Å². The van der Waals surface area contributed by atoms with Crippen LogP contribution < -0.4 is 4.90 Å². The first-order valence-corrected chi connectivity index (χ1v) is 18.4. The highest BCUT2D eigenvalue weighted by molar-refractivity contribution is 6.05. The second-order valence-corrected chi connectivity index (χ2v) is 14.4. The van der Waals surface area contributed by atoms with Gasteiger partial charge in [-0.2, -0.15) is 0 Å². The molecule has 6 nitrogen and oxygen atoms in total. The van der Waals surface area contributed by atoms with E-state index in [-0.39, 0.29) is 0 Å². The fraction of sp³-hybridized carbons (Fsp3) is 0.104. The molecule has 6 heterocycles. The van der Waals surface area contributed by atoms with Crippen LogP contribution in [0.3, 0.4) is 0 Å². The Balaban J connectivity index is 1.19. The summed E-state index contributed by atoms with van der Waals surface area (Å²) in [5.74, 6) is 1.00. The fourth-order valence-electron chi connectivity index (χ4n) is 7.39. The number of hydrogen-bond donors (Lipinski definition) is 0. The van der Waals surface area contributed by atoms with Crippen molar-refractivity contribution in [3.63, 3.8) is 0 Å². The first-order chi connectivity index (χ1) is 26.3. The van der Waals surface area contributed by atoms with E-state index < -0.39 is 0 Å². The van der Waals surface area contributed by atoms with Crippen LogP contribution in [0.15, 0.2) is 133 Å². The first-order valence-electron chi connectivity index (χ1n) is 18.4. The molecule has 4 aromatic carbocycles. The Labute approximate surface area is 313 Å². The van der Waals surface area contributed by atoms with E-state index in [1.807, 2.05) is 26.0 Å². The molecule has 0 saturated carbocycles. The summed E-state index contributed by atoms with van der Waals surface area (Å²) in [5.41, 5.74) is 14.4. The molecule has 1 aliphatic rings. The van der Waals surface area contributed by atoms with Crippen molar-refractivity contribution in [2.45, 2.75) is 20.8 Å². The number of hydrogen-bond acceptors (Lipinski definition) is 6. The Morgan fingerprint density at radius 3 is 1.48 bits per heavy atom. The number of aromatic nitrogens is 5. The topological polar surface area (TPSA) is 67.5 Å². The Kier molecular flexibility index (Phi) is 7.34. The average molecular weight is 697 g/mol. The molecule has 1 aliphatic heterocycles. The average Bonchev–Trinajstić information content (AvgIpc) is 4.06. The van der Waals surface area contributed by atoms with Gasteiger partial charge in [-0.15, -0.1) is 0 Å². The molecule has 6 heteroatoms. The van der Waals surface area contributed by atoms with Gasteiger partial charge in [-0.1, -0.05) is 85.0 Å². The molecule has 9 aromatic rings. The second kappa shape index (κ2) is 12.4. The summed E-state index contributed by atoms with van der Waals surface area (Å²) in [7, 11) is 0. The van der Waals surface area contributed by atoms with E-state index in [1.165, 1.54) is 0 Å². The lowest BCUT2D eigenvalue weighted by molar-refractivity contribution is 1.25. The minimum atomic E-state index is 0.863. The molecular formula is C48H36N6. The molecule has 0 bridgehead atoms. The first kappa shape index (κ1) is 31.9. The van der Waals surface area contributed by atoms with E-state index in [2.05, 4.69) is 134 Å². The van der Waals surface area contributed by atoms with Crippen LogP contribution >= 0.6 is 0 Å². The highest BCUT2D eigenvalue weighted by Crippen LogP contribution is 2.36. The molecule has 0 N–H and O–H groups in total. The summed E-state index contributed by atoms with van der Waals surface area (Å²) in [5, 5.41) is 5.37. The van der Waals surface area contributed by atoms with Gasteiger partial charge in [0.15, 0.2) is 0 Å². The minimum absolute atomic E-state index is 0.863. The van der Waals surface area contributed by atoms with Gasteiger partial charge in [-0.3, -0.25) is 4.98 Å². The number of anilines is 1. The van der Waals surface area contributed by atoms with Crippen LogP contribution in [-0.2, 0) is 0 Å². The van der Waals surface area contributed by atoms with Crippen LogP contribution in [0.2, 0.25) is 0 Å². The lowest BCUT2D eigenvalue weighted by Gasteiger charge is -2.13. The molecule has 10 rings (SSSR count). The van der Waals surface area contributed by atoms with Crippen molar-refractivity contribution in [1.29, 1.82) is 0 Å². The third-order valence-corrected chi connectivity index (χ3v) is 10.5. The second-order valence-electron chi connectivity index (χ2n) is 14.4. The zero-order valence-electron chi connectivity index (χ0n) is 30.4. The van der Waals surface area contributed by atoms with Crippen LogP contribution in [0.5, 0.6) is 0 Å². The predicted octanol–water partition coefficient (Wildman–Crippen LogP) is 11.5. The van der Waals surface area contributed by atoms with E-state index in [9.17, 15) is 0 Å². The lowest BCUT2D eigenvalue weighted by Crippen LogP contribution is -1.96. The molecule has 258 valence electrons. The molecule has 5 aromatic heterocycles. The highest BCUT2D eigenvalue weighted by atomic mass is 15.3. The normalized spacial score (nSPS) is 12.9. The molecule has 0 amide bonds. The number of rotatable bonds is 6. The van der Waals surface area contributed by atoms with Crippen molar-refractivity contribution < 1.29 is 0 Å². The maximum absolute atomic E-state index is 5.33. The molecule has 0 spiro atoms. The number of aryl methyl sites for hydroxylation is 2. The van der Waals surface area contributed by atoms with Crippen LogP contribution in [0.1, 0.15) is 23.7 Å². The largest absolute Gasteiger partial charge is 0.353 e. The van der Waals surface area contributed by atoms with Crippen molar-refractivity contribution in [3.05, 3.63) is 150 Å². The standard InChI is InChI=1S/C48H36N6/c1-28(2)5-7-31-9-10-32-15-19-40(50-44(32)30(31)4)37-25-38(41-20-16-34-12-11-33-8-6-29(3)49-45(33)46(34)51-41)27-39(26-37)42-21-17-35-13-14-36-18-22-43(54-23-24-54)53-48(36)47(35)52-42/h5-22,25-27H,1,23-24H2,2-4H3/b7-5-. The summed E-state index contributed by atoms with van der Waals surface area (Å²) in [6.07, 6.45) is 4.16. The summed E-state index contributed by atoms with van der Waals surface area (Å²) in [6.45, 7) is 12.3. The van der Waals surface area contributed by atoms with Gasteiger partial charge in [-0.05, 0) is 86.5 Å². The zero-order chi connectivity index (χ0) is 36.5. The Bertz CT molecular complexity index is 3070. The van der Waals surface area contributed by atoms with Crippen molar-refractivity contribution in [3.8, 4) is 33.8 Å². The number of pyridine rings is 5. The SMILES string of the molecule is C=C(C)/C=C\c1ccc2ccc(-c3cc(-c4ccc5ccc6ccc(C)nc6c5n4)cc(-c4ccc5ccc6ccc(N7CC7)nc6c5n4)c3)nc2c1C. The third kappa shape index (κ3) is 5.64. The van der Waals surface area contributed by atoms with Crippen molar-refractivity contribution in [2.75, 3.05) is 18.0 Å². The molecule has 54 heavy (non-hydrogen) atoms. The van der Waals surface area contributed by atoms with E-state index in [1.54, 1.807) is 0 Å². The molecule has 0 radical (unpaired) electrons. The fourth-order valence-corrected chi connectivity index (χ4v) is 7.39. The summed E-state index contributed by atoms with van der Waals surface area (Å²) in [6, 6.07) is 40.6. The predicted molar refractivity (Wildman–Crippen MR) is 225 cm³/mol. The molecule has 0 aliphatic carbocycles. The Hall–Kier alpha value is -6.79. The van der Waals surface area contributed by atoms with Gasteiger partial charge < -0.3 is 4.90 Å².